The van der Waals surface area contributed by atoms with E-state index in [-0.39, 0.29) is 0 Å². The zero-order valence-corrected chi connectivity index (χ0v) is 7.85. The molecule has 0 radical (unpaired) electrons. The fourth-order valence-electron chi connectivity index (χ4n) is 1.59. The molecule has 0 amide bonds. The van der Waals surface area contributed by atoms with E-state index in [9.17, 15) is 0 Å². The number of hydrogen-bond acceptors (Lipinski definition) is 0. The predicted octanol–water partition coefficient (Wildman–Crippen LogP) is 3.70. The molecular formula is C11H18. The fourth-order valence-corrected chi connectivity index (χ4v) is 1.59. The van der Waals surface area contributed by atoms with E-state index in [1.54, 1.807) is 11.1 Å². The minimum absolute atomic E-state index is 0.779. The van der Waals surface area contributed by atoms with Gasteiger partial charge >= 0.3 is 0 Å². The second kappa shape index (κ2) is 3.75. The molecule has 1 aliphatic rings. The third-order valence-electron chi connectivity index (χ3n) is 2.57. The highest BCUT2D eigenvalue weighted by atomic mass is 14.2. The molecule has 0 bridgehead atoms. The van der Waals surface area contributed by atoms with Crippen molar-refractivity contribution in [3.8, 4) is 0 Å². The molecule has 0 saturated carbocycles. The Kier molecular flexibility index (Phi) is 2.92. The summed E-state index contributed by atoms with van der Waals surface area (Å²) >= 11 is 0. The van der Waals surface area contributed by atoms with Gasteiger partial charge in [-0.05, 0) is 31.3 Å². The topological polar surface area (TPSA) is 0 Å². The molecule has 11 heavy (non-hydrogen) atoms. The van der Waals surface area contributed by atoms with Crippen LogP contribution in [-0.2, 0) is 0 Å². The summed E-state index contributed by atoms with van der Waals surface area (Å²) in [6.45, 7) is 6.83. The summed E-state index contributed by atoms with van der Waals surface area (Å²) in [7, 11) is 0. The largest absolute Gasteiger partial charge is 0.0837 e. The van der Waals surface area contributed by atoms with E-state index >= 15 is 0 Å². The summed E-state index contributed by atoms with van der Waals surface area (Å²) in [5, 5.41) is 0. The molecule has 0 aromatic rings. The van der Waals surface area contributed by atoms with Gasteiger partial charge in [0.05, 0.1) is 0 Å². The highest BCUT2D eigenvalue weighted by molar-refractivity contribution is 5.29. The van der Waals surface area contributed by atoms with Crippen LogP contribution in [0.25, 0.3) is 0 Å². The van der Waals surface area contributed by atoms with Gasteiger partial charge in [0.15, 0.2) is 0 Å². The Morgan fingerprint density at radius 1 is 1.55 bits per heavy atom. The SMILES string of the molecule is CCCC1=C(C)C(C)CC=C1. The van der Waals surface area contributed by atoms with Crippen LogP contribution in [-0.4, -0.2) is 0 Å². The van der Waals surface area contributed by atoms with Gasteiger partial charge < -0.3 is 0 Å². The molecule has 1 rings (SSSR count). The molecule has 0 aromatic carbocycles. The highest BCUT2D eigenvalue weighted by Gasteiger charge is 2.10. The molecule has 1 atom stereocenters. The van der Waals surface area contributed by atoms with E-state index in [0.717, 1.165) is 5.92 Å². The standard InChI is InChI=1S/C11H18/c1-4-6-11-8-5-7-9(2)10(11)3/h5,8-9H,4,6-7H2,1-3H3. The van der Waals surface area contributed by atoms with Crippen LogP contribution in [0, 0.1) is 5.92 Å². The van der Waals surface area contributed by atoms with Gasteiger partial charge in [-0.3, -0.25) is 0 Å². The lowest BCUT2D eigenvalue weighted by molar-refractivity contribution is 0.667. The average Bonchev–Trinajstić information content (AvgIpc) is 1.99. The first kappa shape index (κ1) is 8.58. The average molecular weight is 150 g/mol. The normalized spacial score (nSPS) is 24.5. The molecule has 0 saturated heterocycles. The molecule has 0 heteroatoms. The van der Waals surface area contributed by atoms with Crippen LogP contribution in [0.5, 0.6) is 0 Å². The smallest absolute Gasteiger partial charge is 0.0194 e. The minimum Gasteiger partial charge on any atom is -0.0837 e. The first-order valence-electron chi connectivity index (χ1n) is 4.62. The van der Waals surface area contributed by atoms with Crippen molar-refractivity contribution in [1.82, 2.24) is 0 Å². The van der Waals surface area contributed by atoms with E-state index in [1.807, 2.05) is 0 Å². The molecule has 62 valence electrons. The Labute approximate surface area is 70.0 Å². The van der Waals surface area contributed by atoms with E-state index in [0.29, 0.717) is 0 Å². The molecule has 0 nitrogen and oxygen atoms in total. The first-order valence-corrected chi connectivity index (χ1v) is 4.62. The van der Waals surface area contributed by atoms with Crippen LogP contribution in [0.4, 0.5) is 0 Å². The van der Waals surface area contributed by atoms with Gasteiger partial charge in [-0.1, -0.05) is 38.0 Å². The highest BCUT2D eigenvalue weighted by Crippen LogP contribution is 2.26. The van der Waals surface area contributed by atoms with E-state index in [1.165, 1.54) is 19.3 Å². The first-order chi connectivity index (χ1) is 5.25. The number of hydrogen-bond donors (Lipinski definition) is 0. The number of allylic oxidation sites excluding steroid dienone is 4. The van der Waals surface area contributed by atoms with Gasteiger partial charge in [0, 0.05) is 0 Å². The Balaban J connectivity index is 2.72. The second-order valence-electron chi connectivity index (χ2n) is 3.50. The Morgan fingerprint density at radius 2 is 2.27 bits per heavy atom. The summed E-state index contributed by atoms with van der Waals surface area (Å²) in [6.07, 6.45) is 8.37. The summed E-state index contributed by atoms with van der Waals surface area (Å²) in [5.41, 5.74) is 3.18. The fraction of sp³-hybridized carbons (Fsp3) is 0.636. The predicted molar refractivity (Wildman–Crippen MR) is 50.5 cm³/mol. The van der Waals surface area contributed by atoms with Crippen molar-refractivity contribution in [3.63, 3.8) is 0 Å². The molecule has 0 fully saturated rings. The van der Waals surface area contributed by atoms with Crippen molar-refractivity contribution in [3.05, 3.63) is 23.3 Å². The van der Waals surface area contributed by atoms with Crippen molar-refractivity contribution in [2.75, 3.05) is 0 Å². The number of rotatable bonds is 2. The Morgan fingerprint density at radius 3 is 2.91 bits per heavy atom. The van der Waals surface area contributed by atoms with Crippen LogP contribution < -0.4 is 0 Å². The third-order valence-corrected chi connectivity index (χ3v) is 2.57. The molecule has 0 aromatic heterocycles. The quantitative estimate of drug-likeness (QED) is 0.563. The molecular weight excluding hydrogens is 132 g/mol. The van der Waals surface area contributed by atoms with Crippen LogP contribution in [0.3, 0.4) is 0 Å². The Bertz CT molecular complexity index is 184. The van der Waals surface area contributed by atoms with Gasteiger partial charge in [-0.25, -0.2) is 0 Å². The second-order valence-corrected chi connectivity index (χ2v) is 3.50. The summed E-state index contributed by atoms with van der Waals surface area (Å²) < 4.78 is 0. The molecule has 1 aliphatic carbocycles. The summed E-state index contributed by atoms with van der Waals surface area (Å²) in [6, 6.07) is 0. The molecule has 0 spiro atoms. The van der Waals surface area contributed by atoms with E-state index in [2.05, 4.69) is 32.9 Å². The van der Waals surface area contributed by atoms with Crippen molar-refractivity contribution in [2.45, 2.75) is 40.0 Å². The van der Waals surface area contributed by atoms with Crippen molar-refractivity contribution in [1.29, 1.82) is 0 Å². The lowest BCUT2D eigenvalue weighted by Gasteiger charge is -2.18. The molecule has 1 unspecified atom stereocenters. The van der Waals surface area contributed by atoms with Crippen LogP contribution in [0.1, 0.15) is 40.0 Å². The maximum atomic E-state index is 2.31. The van der Waals surface area contributed by atoms with Crippen LogP contribution in [0.2, 0.25) is 0 Å². The van der Waals surface area contributed by atoms with Crippen molar-refractivity contribution in [2.24, 2.45) is 5.92 Å². The maximum Gasteiger partial charge on any atom is -0.0194 e. The van der Waals surface area contributed by atoms with Gasteiger partial charge in [0.1, 0.15) is 0 Å². The van der Waals surface area contributed by atoms with Gasteiger partial charge in [-0.2, -0.15) is 0 Å². The van der Waals surface area contributed by atoms with Gasteiger partial charge in [0.2, 0.25) is 0 Å². The summed E-state index contributed by atoms with van der Waals surface area (Å²) in [4.78, 5) is 0. The molecule has 0 heterocycles. The lowest BCUT2D eigenvalue weighted by Crippen LogP contribution is -2.02. The zero-order valence-electron chi connectivity index (χ0n) is 7.85. The summed E-state index contributed by atoms with van der Waals surface area (Å²) in [5.74, 6) is 0.779. The zero-order chi connectivity index (χ0) is 8.27. The van der Waals surface area contributed by atoms with Crippen molar-refractivity contribution < 1.29 is 0 Å². The van der Waals surface area contributed by atoms with Crippen molar-refractivity contribution >= 4 is 0 Å². The van der Waals surface area contributed by atoms with Gasteiger partial charge in [-0.15, -0.1) is 0 Å². The monoisotopic (exact) mass is 150 g/mol. The molecule has 0 aliphatic heterocycles. The van der Waals surface area contributed by atoms with E-state index < -0.39 is 0 Å². The Hall–Kier alpha value is -0.520. The third kappa shape index (κ3) is 1.95. The lowest BCUT2D eigenvalue weighted by atomic mass is 9.88. The van der Waals surface area contributed by atoms with Gasteiger partial charge in [0.25, 0.3) is 0 Å². The maximum absolute atomic E-state index is 2.31. The molecule has 0 N–H and O–H groups in total. The van der Waals surface area contributed by atoms with Crippen LogP contribution >= 0.6 is 0 Å². The van der Waals surface area contributed by atoms with Crippen LogP contribution in [0.15, 0.2) is 23.3 Å². The minimum atomic E-state index is 0.779. The van der Waals surface area contributed by atoms with E-state index in [4.69, 9.17) is 0 Å².